The van der Waals surface area contributed by atoms with Gasteiger partial charge >= 0.3 is 5.97 Å². The number of esters is 1. The molecule has 0 fully saturated rings. The van der Waals surface area contributed by atoms with Gasteiger partial charge in [-0.1, -0.05) is 47.2 Å². The first-order valence-corrected chi connectivity index (χ1v) is 14.9. The van der Waals surface area contributed by atoms with Gasteiger partial charge in [0, 0.05) is 18.5 Å². The molecule has 9 nitrogen and oxygen atoms in total. The zero-order valence-electron chi connectivity index (χ0n) is 23.1. The second kappa shape index (κ2) is 11.9. The van der Waals surface area contributed by atoms with E-state index in [-0.39, 0.29) is 27.7 Å². The molecule has 0 N–H and O–H groups in total. The molecule has 0 radical (unpaired) electrons. The summed E-state index contributed by atoms with van der Waals surface area (Å²) in [6.45, 7) is 3.93. The normalized spacial score (nSPS) is 15.2. The van der Waals surface area contributed by atoms with Crippen molar-refractivity contribution in [1.29, 1.82) is 0 Å². The Morgan fingerprint density at radius 3 is 2.71 bits per heavy atom. The van der Waals surface area contributed by atoms with Crippen molar-refractivity contribution >= 4 is 44.9 Å². The van der Waals surface area contributed by atoms with Crippen molar-refractivity contribution in [3.63, 3.8) is 0 Å². The highest BCUT2D eigenvalue weighted by Gasteiger charge is 2.35. The summed E-state index contributed by atoms with van der Waals surface area (Å²) >= 11 is 6.26. The lowest BCUT2D eigenvalue weighted by molar-refractivity contribution is 0.0594. The van der Waals surface area contributed by atoms with Crippen LogP contribution in [0.5, 0.6) is 5.75 Å². The van der Waals surface area contributed by atoms with Gasteiger partial charge in [0.1, 0.15) is 17.7 Å². The van der Waals surface area contributed by atoms with Gasteiger partial charge in [-0.05, 0) is 66.9 Å². The molecule has 218 valence electrons. The number of rotatable bonds is 8. The zero-order valence-corrected chi connectivity index (χ0v) is 24.7. The Morgan fingerprint density at radius 1 is 1.19 bits per heavy atom. The van der Waals surface area contributed by atoms with Crippen LogP contribution >= 0.6 is 11.6 Å². The molecule has 1 atom stereocenters. The van der Waals surface area contributed by atoms with E-state index < -0.39 is 27.9 Å². The fourth-order valence-electron chi connectivity index (χ4n) is 4.78. The number of allylic oxidation sites excluding steroid dienone is 1. The molecule has 3 aromatic carbocycles. The molecule has 0 bridgehead atoms. The zero-order chi connectivity index (χ0) is 30.0. The summed E-state index contributed by atoms with van der Waals surface area (Å²) in [6, 6.07) is 16.4. The molecule has 5 rings (SSSR count). The third-order valence-corrected chi connectivity index (χ3v) is 8.94. The van der Waals surface area contributed by atoms with E-state index in [9.17, 15) is 17.6 Å². The number of ether oxygens (including phenoxy) is 2. The summed E-state index contributed by atoms with van der Waals surface area (Å²) in [5.41, 5.74) is 2.75. The van der Waals surface area contributed by atoms with E-state index in [1.54, 1.807) is 55.5 Å². The van der Waals surface area contributed by atoms with E-state index in [0.29, 0.717) is 35.5 Å². The van der Waals surface area contributed by atoms with Crippen LogP contribution in [0.2, 0.25) is 5.02 Å². The monoisotopic (exact) mass is 610 g/mol. The molecule has 0 spiro atoms. The number of aromatic nitrogens is 3. The number of sulfonamides is 1. The standard InChI is InChI=1S/C30H28ClFN4O5S/c1-19-6-4-7-23(14-19)42(38,39)36-17-22(12-13-35-18-26(33-34-35)30(37)40-3)41-28-11-10-21(16-27(28)36)15-20(2)29-24(31)8-5-9-25(29)32/h4-11,14-16,18,22H,12-13,17H2,1-3H3/b20-15+/t22-/m0/s1. The van der Waals surface area contributed by atoms with Gasteiger partial charge < -0.3 is 9.47 Å². The number of aryl methyl sites for hydroxylation is 2. The van der Waals surface area contributed by atoms with Crippen molar-refractivity contribution in [2.24, 2.45) is 0 Å². The molecular weight excluding hydrogens is 583 g/mol. The van der Waals surface area contributed by atoms with Gasteiger partial charge in [-0.3, -0.25) is 8.99 Å². The SMILES string of the molecule is COC(=O)c1cn(CC[C@H]2CN(S(=O)(=O)c3cccc(C)c3)c3cc(/C=C(\C)c4c(F)cccc4Cl)ccc3O2)nn1. The van der Waals surface area contributed by atoms with E-state index in [0.717, 1.165) is 5.56 Å². The van der Waals surface area contributed by atoms with Gasteiger partial charge in [0.2, 0.25) is 0 Å². The van der Waals surface area contributed by atoms with Crippen molar-refractivity contribution in [2.75, 3.05) is 18.0 Å². The molecular formula is C30H28ClFN4O5S. The number of benzene rings is 3. The molecule has 0 saturated carbocycles. The molecule has 42 heavy (non-hydrogen) atoms. The third-order valence-electron chi connectivity index (χ3n) is 6.85. The number of anilines is 1. The molecule has 0 unspecified atom stereocenters. The molecule has 0 saturated heterocycles. The smallest absolute Gasteiger partial charge is 0.360 e. The topological polar surface area (TPSA) is 104 Å². The number of hydrogen-bond donors (Lipinski definition) is 0. The summed E-state index contributed by atoms with van der Waals surface area (Å²) in [6.07, 6.45) is 3.07. The summed E-state index contributed by atoms with van der Waals surface area (Å²) in [7, 11) is -2.72. The quantitative estimate of drug-likeness (QED) is 0.184. The van der Waals surface area contributed by atoms with Crippen LogP contribution in [0.4, 0.5) is 10.1 Å². The maximum absolute atomic E-state index is 14.5. The summed E-state index contributed by atoms with van der Waals surface area (Å²) in [5, 5.41) is 8.04. The van der Waals surface area contributed by atoms with Crippen molar-refractivity contribution in [3.05, 3.63) is 100 Å². The van der Waals surface area contributed by atoms with E-state index in [4.69, 9.17) is 16.3 Å². The lowest BCUT2D eigenvalue weighted by Gasteiger charge is -2.35. The van der Waals surface area contributed by atoms with Crippen LogP contribution in [0, 0.1) is 12.7 Å². The van der Waals surface area contributed by atoms with Gasteiger partial charge in [-0.2, -0.15) is 0 Å². The highest BCUT2D eigenvalue weighted by Crippen LogP contribution is 2.39. The summed E-state index contributed by atoms with van der Waals surface area (Å²) < 4.78 is 56.3. The Labute approximate surface area is 248 Å². The number of hydrogen-bond acceptors (Lipinski definition) is 7. The van der Waals surface area contributed by atoms with E-state index in [1.165, 1.54) is 34.4 Å². The Kier molecular flexibility index (Phi) is 8.33. The predicted octanol–water partition coefficient (Wildman–Crippen LogP) is 5.77. The first kappa shape index (κ1) is 29.3. The second-order valence-electron chi connectivity index (χ2n) is 9.89. The Morgan fingerprint density at radius 2 is 1.98 bits per heavy atom. The second-order valence-corrected chi connectivity index (χ2v) is 12.2. The van der Waals surface area contributed by atoms with Crippen LogP contribution in [0.3, 0.4) is 0 Å². The molecule has 0 amide bonds. The molecule has 4 aromatic rings. The third kappa shape index (κ3) is 6.02. The van der Waals surface area contributed by atoms with E-state index >= 15 is 0 Å². The van der Waals surface area contributed by atoms with Crippen LogP contribution in [0.15, 0.2) is 71.8 Å². The van der Waals surface area contributed by atoms with E-state index in [1.807, 2.05) is 13.0 Å². The number of methoxy groups -OCH3 is 1. The van der Waals surface area contributed by atoms with Crippen molar-refractivity contribution in [2.45, 2.75) is 37.8 Å². The van der Waals surface area contributed by atoms with Gasteiger partial charge in [0.25, 0.3) is 10.0 Å². The van der Waals surface area contributed by atoms with Gasteiger partial charge in [0.05, 0.1) is 35.5 Å². The van der Waals surface area contributed by atoms with Gasteiger partial charge in [-0.15, -0.1) is 5.10 Å². The Bertz CT molecular complexity index is 1770. The van der Waals surface area contributed by atoms with Crippen molar-refractivity contribution < 1.29 is 27.1 Å². The van der Waals surface area contributed by atoms with Crippen LogP contribution in [0.1, 0.15) is 40.5 Å². The number of halogens is 2. The predicted molar refractivity (Wildman–Crippen MR) is 158 cm³/mol. The Balaban J connectivity index is 1.49. The fraction of sp³-hybridized carbons (Fsp3) is 0.233. The maximum atomic E-state index is 14.5. The van der Waals surface area contributed by atoms with Crippen molar-refractivity contribution in [3.8, 4) is 5.75 Å². The van der Waals surface area contributed by atoms with E-state index in [2.05, 4.69) is 15.0 Å². The minimum absolute atomic E-state index is 0.0348. The summed E-state index contributed by atoms with van der Waals surface area (Å²) in [4.78, 5) is 11.9. The fourth-order valence-corrected chi connectivity index (χ4v) is 6.69. The first-order chi connectivity index (χ1) is 20.1. The van der Waals surface area contributed by atoms with Gasteiger partial charge in [-0.25, -0.2) is 17.6 Å². The molecule has 2 heterocycles. The van der Waals surface area contributed by atoms with Crippen LogP contribution in [0.25, 0.3) is 11.6 Å². The lowest BCUT2D eigenvalue weighted by atomic mass is 10.0. The molecule has 12 heteroatoms. The van der Waals surface area contributed by atoms with Crippen molar-refractivity contribution in [1.82, 2.24) is 15.0 Å². The number of fused-ring (bicyclic) bond motifs is 1. The Hall–Kier alpha value is -4.22. The summed E-state index contributed by atoms with van der Waals surface area (Å²) in [5.74, 6) is -0.665. The molecule has 1 aliphatic rings. The highest BCUT2D eigenvalue weighted by atomic mass is 35.5. The minimum Gasteiger partial charge on any atom is -0.486 e. The average Bonchev–Trinajstić information content (AvgIpc) is 3.44. The highest BCUT2D eigenvalue weighted by molar-refractivity contribution is 7.92. The van der Waals surface area contributed by atoms with Crippen LogP contribution < -0.4 is 9.04 Å². The first-order valence-electron chi connectivity index (χ1n) is 13.1. The average molecular weight is 611 g/mol. The largest absolute Gasteiger partial charge is 0.486 e. The maximum Gasteiger partial charge on any atom is 0.360 e. The minimum atomic E-state index is -3.98. The number of nitrogens with zero attached hydrogens (tertiary/aromatic N) is 4. The number of carbonyl (C=O) groups excluding carboxylic acids is 1. The molecule has 0 aliphatic carbocycles. The lowest BCUT2D eigenvalue weighted by Crippen LogP contribution is -2.44. The number of carbonyl (C=O) groups is 1. The molecule has 1 aliphatic heterocycles. The van der Waals surface area contributed by atoms with Crippen LogP contribution in [-0.2, 0) is 21.3 Å². The van der Waals surface area contributed by atoms with Gasteiger partial charge in [0.15, 0.2) is 5.69 Å². The van der Waals surface area contributed by atoms with Crippen LogP contribution in [-0.4, -0.2) is 49.1 Å². The molecule has 1 aromatic heterocycles.